The maximum atomic E-state index is 10.3. The second-order valence-electron chi connectivity index (χ2n) is 2.80. The minimum atomic E-state index is -2.74. The largest absolute Gasteiger partial charge is 1.00 e. The molecule has 98 valence electrons. The Balaban J connectivity index is -0.000000392. The first-order chi connectivity index (χ1) is 7.51. The van der Waals surface area contributed by atoms with E-state index in [2.05, 4.69) is 0 Å². The van der Waals surface area contributed by atoms with Crippen LogP contribution in [0, 0.1) is 0 Å². The van der Waals surface area contributed by atoms with Gasteiger partial charge in [-0.3, -0.25) is 9.59 Å². The number of carboxylic acid groups (broad SMARTS) is 3. The van der Waals surface area contributed by atoms with Gasteiger partial charge in [-0.1, -0.05) is 0 Å². The third-order valence-corrected chi connectivity index (χ3v) is 1.29. The Morgan fingerprint density at radius 1 is 1.00 bits per heavy atom. The van der Waals surface area contributed by atoms with E-state index in [4.69, 9.17) is 35.5 Å². The molecule has 10 nitrogen and oxygen atoms in total. The fourth-order valence-corrected chi connectivity index (χ4v) is 0.714. The zero-order chi connectivity index (χ0) is 14.2. The van der Waals surface area contributed by atoms with Gasteiger partial charge in [0.1, 0.15) is 0 Å². The first-order valence-corrected chi connectivity index (χ1v) is 3.92. The van der Waals surface area contributed by atoms with Gasteiger partial charge in [-0.05, 0) is 0 Å². The van der Waals surface area contributed by atoms with Crippen molar-refractivity contribution in [3.8, 4) is 0 Å². The minimum absolute atomic E-state index is 0. The van der Waals surface area contributed by atoms with E-state index in [9.17, 15) is 14.4 Å². The van der Waals surface area contributed by atoms with Gasteiger partial charge in [0.25, 0.3) is 0 Å². The summed E-state index contributed by atoms with van der Waals surface area (Å²) < 4.78 is 0. The summed E-state index contributed by atoms with van der Waals surface area (Å²) >= 11 is 0. The van der Waals surface area contributed by atoms with E-state index in [0.717, 1.165) is 0 Å². The Morgan fingerprint density at radius 2 is 1.22 bits per heavy atom. The van der Waals surface area contributed by atoms with Crippen molar-refractivity contribution in [3.05, 3.63) is 0 Å². The maximum absolute atomic E-state index is 10.3. The number of aliphatic carboxylic acids is 3. The maximum Gasteiger partial charge on any atom is 1.00 e. The van der Waals surface area contributed by atoms with Crippen molar-refractivity contribution in [3.63, 3.8) is 0 Å². The summed E-state index contributed by atoms with van der Waals surface area (Å²) in [6.45, 7) is 0. The normalized spacial score (nSPS) is 9.33. The topological polar surface area (TPSA) is 196 Å². The summed E-state index contributed by atoms with van der Waals surface area (Å²) in [4.78, 5) is 30.5. The molecule has 0 aromatic rings. The molecule has 0 rings (SSSR count). The molecule has 0 atom stereocenters. The van der Waals surface area contributed by atoms with E-state index in [-0.39, 0.29) is 18.9 Å². The molecule has 12 heteroatoms. The molecule has 0 aromatic heterocycles. The average molecular weight is 260 g/mol. The quantitative estimate of drug-likeness (QED) is 0.258. The van der Waals surface area contributed by atoms with Crippen molar-refractivity contribution in [2.45, 2.75) is 18.4 Å². The van der Waals surface area contributed by atoms with Crippen molar-refractivity contribution in [1.29, 1.82) is 0 Å². The molecule has 0 amide bonds. The van der Waals surface area contributed by atoms with Crippen LogP contribution in [0.15, 0.2) is 0 Å². The summed E-state index contributed by atoms with van der Waals surface area (Å²) in [5.74, 6) is -5.02. The third kappa shape index (κ3) is 13.0. The van der Waals surface area contributed by atoms with Gasteiger partial charge in [0, 0.05) is 0 Å². The Bertz CT molecular complexity index is 273. The molecule has 0 saturated heterocycles. The summed E-state index contributed by atoms with van der Waals surface area (Å²) in [5.41, 5.74) is -2.74. The molecule has 18 heavy (non-hydrogen) atoms. The molecule has 0 radical (unpaired) electrons. The predicted molar refractivity (Wildman–Crippen MR) is 47.3 cm³/mol. The fourth-order valence-electron chi connectivity index (χ4n) is 0.714. The van der Waals surface area contributed by atoms with E-state index in [1.165, 1.54) is 0 Å². The summed E-state index contributed by atoms with van der Waals surface area (Å²) in [6, 6.07) is 0. The molecule has 0 unspecified atom stereocenters. The van der Waals surface area contributed by atoms with Gasteiger partial charge in [-0.15, -0.1) is 0 Å². The Labute approximate surface area is 113 Å². The van der Waals surface area contributed by atoms with Crippen LogP contribution in [0.1, 0.15) is 12.8 Å². The van der Waals surface area contributed by atoms with E-state index in [1.54, 1.807) is 0 Å². The van der Waals surface area contributed by atoms with Crippen LogP contribution in [0.3, 0.4) is 0 Å². The molecule has 0 aliphatic rings. The molecule has 0 aliphatic heterocycles. The second kappa shape index (κ2) is 9.89. The number of hydrogen-bond acceptors (Lipinski definition) is 7. The van der Waals surface area contributed by atoms with Crippen molar-refractivity contribution in [2.75, 3.05) is 0 Å². The number of hydrogen-bond donors (Lipinski definition) is 6. The smallest absolute Gasteiger partial charge is 0.832 e. The average Bonchev–Trinajstić information content (AvgIpc) is 1.98. The number of rotatable bonds is 5. The van der Waals surface area contributed by atoms with Crippen molar-refractivity contribution in [1.82, 2.24) is 0 Å². The molecule has 0 saturated carbocycles. The summed E-state index contributed by atoms with van der Waals surface area (Å²) in [5, 5.41) is 56.6. The molecule has 6 N–H and O–H groups in total. The Hall–Kier alpha value is -1.09. The second-order valence-corrected chi connectivity index (χ2v) is 2.80. The van der Waals surface area contributed by atoms with Crippen molar-refractivity contribution < 1.29 is 68.7 Å². The van der Waals surface area contributed by atoms with E-state index in [1.807, 2.05) is 0 Å². The van der Waals surface area contributed by atoms with Crippen LogP contribution >= 0.6 is 0 Å². The van der Waals surface area contributed by atoms with Crippen LogP contribution in [0.4, 0.5) is 0 Å². The molecule has 0 spiro atoms. The van der Waals surface area contributed by atoms with Gasteiger partial charge in [0.05, 0.1) is 12.8 Å². The number of aliphatic hydroxyl groups is 1. The predicted octanol–water partition coefficient (Wildman–Crippen LogP) is -6.93. The van der Waals surface area contributed by atoms with Gasteiger partial charge >= 0.3 is 44.1 Å². The van der Waals surface area contributed by atoms with Gasteiger partial charge in [-0.25, -0.2) is 4.79 Å². The molecule has 0 fully saturated rings. The zero-order valence-corrected chi connectivity index (χ0v) is 9.31. The van der Waals surface area contributed by atoms with Crippen molar-refractivity contribution >= 4 is 25.2 Å². The standard InChI is InChI=1S/C6H8O7.BH2O3.Li/c7-3(8)1-6(13,5(11)12)2-4(9)10;2-1(3)4;/h13H,1-2H2,(H,7,8)(H,9,10)(H,11,12);2-3H;/q;-1;+1. The molecule has 0 bridgehead atoms. The summed E-state index contributed by atoms with van der Waals surface area (Å²) in [7, 11) is -2.42. The molecule has 0 heterocycles. The monoisotopic (exact) mass is 260 g/mol. The third-order valence-electron chi connectivity index (χ3n) is 1.29. The molecular formula is C6H10BLiO10. The van der Waals surface area contributed by atoms with Crippen molar-refractivity contribution in [2.24, 2.45) is 0 Å². The number of carbonyl (C=O) groups is 3. The van der Waals surface area contributed by atoms with E-state index in [0.29, 0.717) is 0 Å². The van der Waals surface area contributed by atoms with E-state index >= 15 is 0 Å². The fraction of sp³-hybridized carbons (Fsp3) is 0.500. The van der Waals surface area contributed by atoms with Crippen LogP contribution in [-0.4, -0.2) is 61.3 Å². The van der Waals surface area contributed by atoms with Crippen LogP contribution < -0.4 is 23.9 Å². The first-order valence-electron chi connectivity index (χ1n) is 3.92. The zero-order valence-electron chi connectivity index (χ0n) is 9.31. The first kappa shape index (κ1) is 22.1. The molecular weight excluding hydrogens is 250 g/mol. The van der Waals surface area contributed by atoms with Gasteiger partial charge in [-0.2, -0.15) is 0 Å². The molecule has 0 aliphatic carbocycles. The summed E-state index contributed by atoms with van der Waals surface area (Å²) in [6.07, 6.45) is -2.29. The molecule has 0 aromatic carbocycles. The SMILES string of the molecule is O=C(O)CC(O)(CC(=O)O)C(=O)O.[Li+].[O-]B(O)O. The van der Waals surface area contributed by atoms with Crippen LogP contribution in [0.25, 0.3) is 0 Å². The Kier molecular flexibility index (Phi) is 12.2. The van der Waals surface area contributed by atoms with Gasteiger partial charge in [0.2, 0.25) is 0 Å². The van der Waals surface area contributed by atoms with Crippen LogP contribution in [0.5, 0.6) is 0 Å². The Morgan fingerprint density at radius 3 is 1.33 bits per heavy atom. The van der Waals surface area contributed by atoms with Gasteiger partial charge < -0.3 is 35.5 Å². The minimum Gasteiger partial charge on any atom is -0.832 e. The van der Waals surface area contributed by atoms with Gasteiger partial charge in [0.15, 0.2) is 5.60 Å². The van der Waals surface area contributed by atoms with E-state index < -0.39 is 43.7 Å². The van der Waals surface area contributed by atoms with Crippen LogP contribution in [-0.2, 0) is 14.4 Å². The number of carboxylic acids is 3. The van der Waals surface area contributed by atoms with Crippen LogP contribution in [0.2, 0.25) is 0 Å².